The van der Waals surface area contributed by atoms with Crippen LogP contribution in [-0.4, -0.2) is 13.1 Å². The van der Waals surface area contributed by atoms with Crippen molar-refractivity contribution in [2.45, 2.75) is 0 Å². The molecular weight excluding hydrogens is 281 g/mol. The van der Waals surface area contributed by atoms with E-state index in [0.717, 1.165) is 13.2 Å². The number of methoxy groups -OCH3 is 1. The summed E-state index contributed by atoms with van der Waals surface area (Å²) in [7, 11) is 1.07. The summed E-state index contributed by atoms with van der Waals surface area (Å²) in [6, 6.07) is 0.719. The van der Waals surface area contributed by atoms with E-state index in [1.54, 1.807) is 0 Å². The summed E-state index contributed by atoms with van der Waals surface area (Å²) in [5.41, 5.74) is -0.529. The molecular formula is C8H4BrClF2O2. The number of rotatable bonds is 1. The Bertz CT molecular complexity index is 395. The molecule has 0 spiro atoms. The van der Waals surface area contributed by atoms with Gasteiger partial charge in [-0.25, -0.2) is 13.6 Å². The van der Waals surface area contributed by atoms with E-state index in [0.29, 0.717) is 0 Å². The average molecular weight is 285 g/mol. The smallest absolute Gasteiger partial charge is 0.341 e. The zero-order chi connectivity index (χ0) is 10.9. The van der Waals surface area contributed by atoms with Crippen LogP contribution in [0.1, 0.15) is 10.4 Å². The average Bonchev–Trinajstić information content (AvgIpc) is 2.19. The zero-order valence-electron chi connectivity index (χ0n) is 6.91. The SMILES string of the molecule is COC(=O)c1cc(F)c(Br)c(Cl)c1F. The van der Waals surface area contributed by atoms with Crippen LogP contribution in [0.5, 0.6) is 0 Å². The Labute approximate surface area is 91.9 Å². The Kier molecular flexibility index (Phi) is 3.44. The van der Waals surface area contributed by atoms with E-state index in [1.165, 1.54) is 0 Å². The fourth-order valence-corrected chi connectivity index (χ4v) is 1.31. The number of benzene rings is 1. The minimum atomic E-state index is -1.01. The predicted octanol–water partition coefficient (Wildman–Crippen LogP) is 3.17. The van der Waals surface area contributed by atoms with E-state index < -0.39 is 28.2 Å². The van der Waals surface area contributed by atoms with Gasteiger partial charge in [0.15, 0.2) is 5.82 Å². The van der Waals surface area contributed by atoms with Gasteiger partial charge in [0.2, 0.25) is 0 Å². The normalized spacial score (nSPS) is 10.1. The van der Waals surface area contributed by atoms with Gasteiger partial charge in [-0.2, -0.15) is 0 Å². The maximum atomic E-state index is 13.3. The number of carbonyl (C=O) groups is 1. The highest BCUT2D eigenvalue weighted by molar-refractivity contribution is 9.10. The highest BCUT2D eigenvalue weighted by atomic mass is 79.9. The van der Waals surface area contributed by atoms with Crippen LogP contribution in [-0.2, 0) is 4.74 Å². The molecule has 0 atom stereocenters. The Morgan fingerprint density at radius 3 is 2.64 bits per heavy atom. The molecule has 0 aromatic heterocycles. The van der Waals surface area contributed by atoms with Crippen LogP contribution in [0.2, 0.25) is 5.02 Å². The van der Waals surface area contributed by atoms with Gasteiger partial charge in [0.1, 0.15) is 5.82 Å². The molecule has 0 bridgehead atoms. The molecule has 0 fully saturated rings. The van der Waals surface area contributed by atoms with Crippen molar-refractivity contribution in [3.63, 3.8) is 0 Å². The minimum Gasteiger partial charge on any atom is -0.465 e. The van der Waals surface area contributed by atoms with Gasteiger partial charge in [-0.15, -0.1) is 0 Å². The van der Waals surface area contributed by atoms with E-state index in [1.807, 2.05) is 0 Å². The Morgan fingerprint density at radius 2 is 2.14 bits per heavy atom. The van der Waals surface area contributed by atoms with E-state index in [4.69, 9.17) is 11.6 Å². The molecule has 14 heavy (non-hydrogen) atoms. The summed E-state index contributed by atoms with van der Waals surface area (Å²) < 4.78 is 30.3. The molecule has 0 N–H and O–H groups in total. The van der Waals surface area contributed by atoms with Crippen LogP contribution in [0.25, 0.3) is 0 Å². The molecule has 0 aliphatic rings. The van der Waals surface area contributed by atoms with E-state index in [9.17, 15) is 13.6 Å². The summed E-state index contributed by atoms with van der Waals surface area (Å²) in [5, 5.41) is -0.481. The summed E-state index contributed by atoms with van der Waals surface area (Å²) in [6.45, 7) is 0. The molecule has 76 valence electrons. The number of esters is 1. The molecule has 0 amide bonds. The molecule has 1 aromatic carbocycles. The van der Waals surface area contributed by atoms with Gasteiger partial charge in [0.05, 0.1) is 22.2 Å². The first kappa shape index (κ1) is 11.4. The number of ether oxygens (including phenoxy) is 1. The highest BCUT2D eigenvalue weighted by Crippen LogP contribution is 2.30. The van der Waals surface area contributed by atoms with Crippen LogP contribution in [0.4, 0.5) is 8.78 Å². The first-order chi connectivity index (χ1) is 6.49. The summed E-state index contributed by atoms with van der Waals surface area (Å²) in [4.78, 5) is 10.9. The zero-order valence-corrected chi connectivity index (χ0v) is 9.25. The van der Waals surface area contributed by atoms with Crippen molar-refractivity contribution in [1.82, 2.24) is 0 Å². The third-order valence-electron chi connectivity index (χ3n) is 1.51. The summed E-state index contributed by atoms with van der Waals surface area (Å²) in [6.07, 6.45) is 0. The number of hydrogen-bond donors (Lipinski definition) is 0. The second-order valence-electron chi connectivity index (χ2n) is 2.34. The maximum absolute atomic E-state index is 13.3. The van der Waals surface area contributed by atoms with Crippen molar-refractivity contribution >= 4 is 33.5 Å². The van der Waals surface area contributed by atoms with Crippen LogP contribution in [0.3, 0.4) is 0 Å². The van der Waals surface area contributed by atoms with E-state index in [2.05, 4.69) is 20.7 Å². The van der Waals surface area contributed by atoms with Crippen LogP contribution >= 0.6 is 27.5 Å². The lowest BCUT2D eigenvalue weighted by molar-refractivity contribution is 0.0595. The highest BCUT2D eigenvalue weighted by Gasteiger charge is 2.20. The van der Waals surface area contributed by atoms with Crippen molar-refractivity contribution in [2.24, 2.45) is 0 Å². The molecule has 0 aliphatic carbocycles. The largest absolute Gasteiger partial charge is 0.465 e. The van der Waals surface area contributed by atoms with Gasteiger partial charge in [-0.3, -0.25) is 0 Å². The third kappa shape index (κ3) is 1.88. The Hall–Kier alpha value is -0.680. The van der Waals surface area contributed by atoms with Crippen molar-refractivity contribution < 1.29 is 18.3 Å². The number of halogens is 4. The fourth-order valence-electron chi connectivity index (χ4n) is 0.831. The topological polar surface area (TPSA) is 26.3 Å². The number of hydrogen-bond acceptors (Lipinski definition) is 2. The van der Waals surface area contributed by atoms with Gasteiger partial charge >= 0.3 is 5.97 Å². The molecule has 0 saturated carbocycles. The van der Waals surface area contributed by atoms with E-state index >= 15 is 0 Å². The van der Waals surface area contributed by atoms with Gasteiger partial charge in [-0.1, -0.05) is 11.6 Å². The van der Waals surface area contributed by atoms with Crippen molar-refractivity contribution in [3.8, 4) is 0 Å². The van der Waals surface area contributed by atoms with Crippen LogP contribution in [0.15, 0.2) is 10.5 Å². The summed E-state index contributed by atoms with van der Waals surface area (Å²) >= 11 is 8.16. The molecule has 0 saturated heterocycles. The van der Waals surface area contributed by atoms with Gasteiger partial charge in [0, 0.05) is 0 Å². The lowest BCUT2D eigenvalue weighted by Gasteiger charge is -2.05. The molecule has 1 rings (SSSR count). The quantitative estimate of drug-likeness (QED) is 0.450. The molecule has 1 aromatic rings. The lowest BCUT2D eigenvalue weighted by atomic mass is 10.2. The minimum absolute atomic E-state index is 0.218. The van der Waals surface area contributed by atoms with Crippen molar-refractivity contribution in [3.05, 3.63) is 32.8 Å². The second kappa shape index (κ2) is 4.23. The van der Waals surface area contributed by atoms with Crippen molar-refractivity contribution in [2.75, 3.05) is 7.11 Å². The lowest BCUT2D eigenvalue weighted by Crippen LogP contribution is -2.06. The Morgan fingerprint density at radius 1 is 1.57 bits per heavy atom. The predicted molar refractivity (Wildman–Crippen MR) is 50.4 cm³/mol. The molecule has 6 heteroatoms. The molecule has 0 unspecified atom stereocenters. The van der Waals surface area contributed by atoms with Gasteiger partial charge in [0.25, 0.3) is 0 Å². The van der Waals surface area contributed by atoms with Crippen LogP contribution < -0.4 is 0 Å². The van der Waals surface area contributed by atoms with E-state index in [-0.39, 0.29) is 4.47 Å². The third-order valence-corrected chi connectivity index (χ3v) is 2.87. The molecule has 2 nitrogen and oxygen atoms in total. The number of carbonyl (C=O) groups excluding carboxylic acids is 1. The second-order valence-corrected chi connectivity index (χ2v) is 3.51. The summed E-state index contributed by atoms with van der Waals surface area (Å²) in [5.74, 6) is -2.81. The molecule has 0 heterocycles. The first-order valence-electron chi connectivity index (χ1n) is 3.40. The molecule has 0 aliphatic heterocycles. The monoisotopic (exact) mass is 284 g/mol. The van der Waals surface area contributed by atoms with Gasteiger partial charge < -0.3 is 4.74 Å². The maximum Gasteiger partial charge on any atom is 0.341 e. The first-order valence-corrected chi connectivity index (χ1v) is 4.57. The molecule has 0 radical (unpaired) electrons. The van der Waals surface area contributed by atoms with Crippen molar-refractivity contribution in [1.29, 1.82) is 0 Å². The van der Waals surface area contributed by atoms with Crippen LogP contribution in [0, 0.1) is 11.6 Å². The fraction of sp³-hybridized carbons (Fsp3) is 0.125. The van der Waals surface area contributed by atoms with Gasteiger partial charge in [-0.05, 0) is 22.0 Å². The standard InChI is InChI=1S/C8H4BrClF2O2/c1-14-8(13)3-2-4(11)5(9)6(10)7(3)12/h2H,1H3. The Balaban J connectivity index is 3.40.